The number of hydrogen-bond acceptors (Lipinski definition) is 3. The number of likely N-dealkylation sites (tertiary alicyclic amines) is 1. The van der Waals surface area contributed by atoms with Crippen LogP contribution in [0.5, 0.6) is 5.75 Å². The number of aliphatic carboxylic acids is 1. The molecule has 0 aliphatic carbocycles. The Hall–Kier alpha value is -2.04. The number of aryl methyl sites for hydroxylation is 1. The van der Waals surface area contributed by atoms with Crippen LogP contribution in [-0.4, -0.2) is 39.6 Å². The Bertz CT molecular complexity index is 512. The summed E-state index contributed by atoms with van der Waals surface area (Å²) in [5, 5.41) is 18.9. The molecule has 1 saturated heterocycles. The zero-order chi connectivity index (χ0) is 14.0. The number of carboxylic acids is 1. The Kier molecular flexibility index (Phi) is 3.74. The van der Waals surface area contributed by atoms with E-state index in [1.165, 1.54) is 11.0 Å². The maximum absolute atomic E-state index is 12.4. The van der Waals surface area contributed by atoms with Crippen LogP contribution >= 0.6 is 0 Å². The molecule has 1 atom stereocenters. The fourth-order valence-electron chi connectivity index (χ4n) is 2.40. The first kappa shape index (κ1) is 13.4. The molecule has 0 aromatic heterocycles. The van der Waals surface area contributed by atoms with Crippen LogP contribution in [0.1, 0.15) is 35.7 Å². The van der Waals surface area contributed by atoms with E-state index in [0.717, 1.165) is 12.0 Å². The molecular formula is C14H17NO4. The van der Waals surface area contributed by atoms with Crippen molar-refractivity contribution in [1.29, 1.82) is 0 Å². The van der Waals surface area contributed by atoms with Gasteiger partial charge in [-0.2, -0.15) is 0 Å². The van der Waals surface area contributed by atoms with Crippen molar-refractivity contribution >= 4 is 11.9 Å². The van der Waals surface area contributed by atoms with Gasteiger partial charge in [0.05, 0.1) is 5.56 Å². The molecule has 1 aliphatic heterocycles. The summed E-state index contributed by atoms with van der Waals surface area (Å²) >= 11 is 0. The number of benzene rings is 1. The third-order valence-corrected chi connectivity index (χ3v) is 3.50. The first-order valence-corrected chi connectivity index (χ1v) is 6.40. The Morgan fingerprint density at radius 2 is 2.16 bits per heavy atom. The van der Waals surface area contributed by atoms with Gasteiger partial charge in [0.15, 0.2) is 0 Å². The lowest BCUT2D eigenvalue weighted by molar-refractivity contribution is -0.141. The van der Waals surface area contributed by atoms with Crippen molar-refractivity contribution in [1.82, 2.24) is 4.90 Å². The number of phenolic OH excluding ortho intramolecular Hbond substituents is 1. The van der Waals surface area contributed by atoms with Crippen LogP contribution in [0, 0.1) is 0 Å². The lowest BCUT2D eigenvalue weighted by Crippen LogP contribution is -2.40. The van der Waals surface area contributed by atoms with E-state index in [2.05, 4.69) is 0 Å². The molecule has 102 valence electrons. The molecule has 0 bridgehead atoms. The van der Waals surface area contributed by atoms with E-state index in [1.807, 2.05) is 6.92 Å². The molecular weight excluding hydrogens is 246 g/mol. The van der Waals surface area contributed by atoms with E-state index in [-0.39, 0.29) is 11.3 Å². The largest absolute Gasteiger partial charge is 0.507 e. The number of carbonyl (C=O) groups excluding carboxylic acids is 1. The third kappa shape index (κ3) is 2.54. The van der Waals surface area contributed by atoms with Crippen LogP contribution in [0.2, 0.25) is 0 Å². The van der Waals surface area contributed by atoms with Gasteiger partial charge in [-0.05, 0) is 37.0 Å². The normalized spacial score (nSPS) is 18.6. The van der Waals surface area contributed by atoms with E-state index < -0.39 is 17.9 Å². The lowest BCUT2D eigenvalue weighted by atomic mass is 10.1. The maximum Gasteiger partial charge on any atom is 0.326 e. The SMILES string of the molecule is CCc1ccc(O)c(C(=O)N2CCC[C@@H]2C(=O)O)c1. The van der Waals surface area contributed by atoms with E-state index in [1.54, 1.807) is 12.1 Å². The molecule has 5 nitrogen and oxygen atoms in total. The van der Waals surface area contributed by atoms with Gasteiger partial charge in [-0.25, -0.2) is 4.79 Å². The van der Waals surface area contributed by atoms with E-state index in [0.29, 0.717) is 19.4 Å². The first-order chi connectivity index (χ1) is 9.04. The van der Waals surface area contributed by atoms with Gasteiger partial charge >= 0.3 is 5.97 Å². The van der Waals surface area contributed by atoms with Gasteiger partial charge < -0.3 is 15.1 Å². The molecule has 1 fully saturated rings. The van der Waals surface area contributed by atoms with E-state index in [4.69, 9.17) is 5.11 Å². The highest BCUT2D eigenvalue weighted by atomic mass is 16.4. The van der Waals surface area contributed by atoms with Crippen LogP contribution < -0.4 is 0 Å². The number of phenols is 1. The van der Waals surface area contributed by atoms with Crippen molar-refractivity contribution in [2.75, 3.05) is 6.54 Å². The number of aromatic hydroxyl groups is 1. The quantitative estimate of drug-likeness (QED) is 0.869. The molecule has 0 saturated carbocycles. The van der Waals surface area contributed by atoms with E-state index >= 15 is 0 Å². The number of hydrogen-bond donors (Lipinski definition) is 2. The van der Waals surface area contributed by atoms with Crippen LogP contribution in [0.15, 0.2) is 18.2 Å². The summed E-state index contributed by atoms with van der Waals surface area (Å²) in [7, 11) is 0. The summed E-state index contributed by atoms with van der Waals surface area (Å²) in [6, 6.07) is 4.09. The van der Waals surface area contributed by atoms with Crippen molar-refractivity contribution in [2.45, 2.75) is 32.2 Å². The molecule has 1 aromatic rings. The standard InChI is InChI=1S/C14H17NO4/c1-2-9-5-6-12(16)10(8-9)13(17)15-7-3-4-11(15)14(18)19/h5-6,8,11,16H,2-4,7H2,1H3,(H,18,19)/t11-/m1/s1. The molecule has 1 amide bonds. The third-order valence-electron chi connectivity index (χ3n) is 3.50. The predicted molar refractivity (Wildman–Crippen MR) is 69.2 cm³/mol. The molecule has 1 aromatic carbocycles. The van der Waals surface area contributed by atoms with E-state index in [9.17, 15) is 14.7 Å². The Morgan fingerprint density at radius 1 is 1.42 bits per heavy atom. The average Bonchev–Trinajstić information content (AvgIpc) is 2.88. The van der Waals surface area contributed by atoms with Gasteiger partial charge in [0.25, 0.3) is 5.91 Å². The Labute approximate surface area is 111 Å². The maximum atomic E-state index is 12.4. The second-order valence-corrected chi connectivity index (χ2v) is 4.70. The second-order valence-electron chi connectivity index (χ2n) is 4.70. The molecule has 0 unspecified atom stereocenters. The van der Waals surface area contributed by atoms with Crippen molar-refractivity contribution in [3.05, 3.63) is 29.3 Å². The zero-order valence-electron chi connectivity index (χ0n) is 10.8. The molecule has 0 radical (unpaired) electrons. The van der Waals surface area contributed by atoms with Gasteiger partial charge in [0.2, 0.25) is 0 Å². The van der Waals surface area contributed by atoms with Crippen LogP contribution in [0.4, 0.5) is 0 Å². The summed E-state index contributed by atoms with van der Waals surface area (Å²) in [4.78, 5) is 24.8. The highest BCUT2D eigenvalue weighted by Crippen LogP contribution is 2.25. The fraction of sp³-hybridized carbons (Fsp3) is 0.429. The Balaban J connectivity index is 2.31. The average molecular weight is 263 g/mol. The minimum Gasteiger partial charge on any atom is -0.507 e. The molecule has 19 heavy (non-hydrogen) atoms. The number of carbonyl (C=O) groups is 2. The van der Waals surface area contributed by atoms with Gasteiger partial charge in [-0.15, -0.1) is 0 Å². The molecule has 2 N–H and O–H groups in total. The van der Waals surface area contributed by atoms with Crippen molar-refractivity contribution < 1.29 is 19.8 Å². The van der Waals surface area contributed by atoms with Crippen LogP contribution in [0.25, 0.3) is 0 Å². The van der Waals surface area contributed by atoms with Gasteiger partial charge in [-0.1, -0.05) is 13.0 Å². The first-order valence-electron chi connectivity index (χ1n) is 6.40. The molecule has 2 rings (SSSR count). The van der Waals surface area contributed by atoms with Gasteiger partial charge in [-0.3, -0.25) is 4.79 Å². The number of carboxylic acid groups (broad SMARTS) is 1. The van der Waals surface area contributed by atoms with Crippen LogP contribution in [-0.2, 0) is 11.2 Å². The highest BCUT2D eigenvalue weighted by Gasteiger charge is 2.35. The molecule has 1 aliphatic rings. The smallest absolute Gasteiger partial charge is 0.326 e. The summed E-state index contributed by atoms with van der Waals surface area (Å²) < 4.78 is 0. The summed E-state index contributed by atoms with van der Waals surface area (Å²) in [5.74, 6) is -1.49. The monoisotopic (exact) mass is 263 g/mol. The summed E-state index contributed by atoms with van der Waals surface area (Å²) in [6.45, 7) is 2.38. The summed E-state index contributed by atoms with van der Waals surface area (Å²) in [6.07, 6.45) is 1.90. The fourth-order valence-corrected chi connectivity index (χ4v) is 2.40. The van der Waals surface area contributed by atoms with Gasteiger partial charge in [0.1, 0.15) is 11.8 Å². The molecule has 1 heterocycles. The molecule has 0 spiro atoms. The summed E-state index contributed by atoms with van der Waals surface area (Å²) in [5.41, 5.74) is 1.12. The van der Waals surface area contributed by atoms with Crippen molar-refractivity contribution in [3.8, 4) is 5.75 Å². The van der Waals surface area contributed by atoms with Gasteiger partial charge in [0, 0.05) is 6.54 Å². The highest BCUT2D eigenvalue weighted by molar-refractivity contribution is 5.99. The minimum atomic E-state index is -0.989. The lowest BCUT2D eigenvalue weighted by Gasteiger charge is -2.22. The van der Waals surface area contributed by atoms with Crippen molar-refractivity contribution in [3.63, 3.8) is 0 Å². The topological polar surface area (TPSA) is 77.8 Å². The van der Waals surface area contributed by atoms with Crippen LogP contribution in [0.3, 0.4) is 0 Å². The number of amides is 1. The number of rotatable bonds is 3. The second kappa shape index (κ2) is 5.30. The zero-order valence-corrected chi connectivity index (χ0v) is 10.8. The molecule has 5 heteroatoms. The Morgan fingerprint density at radius 3 is 2.79 bits per heavy atom. The number of nitrogens with zero attached hydrogens (tertiary/aromatic N) is 1. The van der Waals surface area contributed by atoms with Crippen molar-refractivity contribution in [2.24, 2.45) is 0 Å². The predicted octanol–water partition coefficient (Wildman–Crippen LogP) is 1.64. The minimum absolute atomic E-state index is 0.0989.